The molecule has 0 atom stereocenters. The van der Waals surface area contributed by atoms with E-state index in [-0.39, 0.29) is 17.4 Å². The quantitative estimate of drug-likeness (QED) is 0.655. The molecule has 26 heavy (non-hydrogen) atoms. The summed E-state index contributed by atoms with van der Waals surface area (Å²) in [5.41, 5.74) is 0.679. The maximum absolute atomic E-state index is 12.7. The summed E-state index contributed by atoms with van der Waals surface area (Å²) in [6, 6.07) is 4.71. The Hall–Kier alpha value is -1.64. The zero-order valence-electron chi connectivity index (χ0n) is 15.5. The molecular weight excluding hydrogens is 356 g/mol. The van der Waals surface area contributed by atoms with Gasteiger partial charge in [-0.1, -0.05) is 19.8 Å². The van der Waals surface area contributed by atoms with Crippen LogP contribution in [0.5, 0.6) is 5.75 Å². The van der Waals surface area contributed by atoms with Gasteiger partial charge in [-0.25, -0.2) is 8.42 Å². The van der Waals surface area contributed by atoms with Crippen molar-refractivity contribution in [2.45, 2.75) is 38.0 Å². The average molecular weight is 384 g/mol. The zero-order valence-corrected chi connectivity index (χ0v) is 16.3. The number of hydrogen-bond donors (Lipinski definition) is 1. The molecule has 0 radical (unpaired) electrons. The molecule has 1 heterocycles. The van der Waals surface area contributed by atoms with E-state index in [4.69, 9.17) is 9.47 Å². The lowest BCUT2D eigenvalue weighted by molar-refractivity contribution is -0.123. The van der Waals surface area contributed by atoms with Gasteiger partial charge in [0.05, 0.1) is 18.1 Å². The highest BCUT2D eigenvalue weighted by atomic mass is 32.2. The van der Waals surface area contributed by atoms with Gasteiger partial charge < -0.3 is 14.8 Å². The molecule has 0 unspecified atom stereocenters. The van der Waals surface area contributed by atoms with Crippen molar-refractivity contribution >= 4 is 15.9 Å². The predicted molar refractivity (Wildman–Crippen MR) is 98.8 cm³/mol. The summed E-state index contributed by atoms with van der Waals surface area (Å²) in [6.45, 7) is 5.98. The highest BCUT2D eigenvalue weighted by Gasteiger charge is 2.26. The molecule has 1 aromatic carbocycles. The second-order valence-electron chi connectivity index (χ2n) is 6.29. The minimum Gasteiger partial charge on any atom is -0.484 e. The van der Waals surface area contributed by atoms with Crippen LogP contribution in [-0.4, -0.2) is 58.1 Å². The number of benzene rings is 1. The molecule has 0 spiro atoms. The van der Waals surface area contributed by atoms with E-state index in [1.54, 1.807) is 19.1 Å². The third-order valence-corrected chi connectivity index (χ3v) is 6.11. The summed E-state index contributed by atoms with van der Waals surface area (Å²) >= 11 is 0. The number of unbranched alkanes of at least 4 members (excludes halogenated alkanes) is 2. The van der Waals surface area contributed by atoms with Gasteiger partial charge in [-0.2, -0.15) is 4.31 Å². The summed E-state index contributed by atoms with van der Waals surface area (Å²) in [5.74, 6) is 0.333. The van der Waals surface area contributed by atoms with Crippen LogP contribution in [0.1, 0.15) is 31.7 Å². The van der Waals surface area contributed by atoms with Crippen LogP contribution in [0.4, 0.5) is 0 Å². The molecule has 1 N–H and O–H groups in total. The van der Waals surface area contributed by atoms with Crippen molar-refractivity contribution < 1.29 is 22.7 Å². The number of sulfonamides is 1. The molecule has 2 rings (SSSR count). The van der Waals surface area contributed by atoms with E-state index < -0.39 is 10.0 Å². The molecule has 0 aromatic heterocycles. The summed E-state index contributed by atoms with van der Waals surface area (Å²) in [6.07, 6.45) is 3.14. The van der Waals surface area contributed by atoms with Gasteiger partial charge in [0.25, 0.3) is 5.91 Å². The lowest BCUT2D eigenvalue weighted by atomic mass is 10.2. The maximum Gasteiger partial charge on any atom is 0.257 e. The second-order valence-corrected chi connectivity index (χ2v) is 8.23. The summed E-state index contributed by atoms with van der Waals surface area (Å²) < 4.78 is 37.5. The fourth-order valence-electron chi connectivity index (χ4n) is 2.68. The average Bonchev–Trinajstić information content (AvgIpc) is 2.65. The Balaban J connectivity index is 1.93. The maximum atomic E-state index is 12.7. The first-order valence-electron chi connectivity index (χ1n) is 9.03. The molecule has 0 bridgehead atoms. The van der Waals surface area contributed by atoms with E-state index >= 15 is 0 Å². The van der Waals surface area contributed by atoms with E-state index in [0.717, 1.165) is 19.3 Å². The van der Waals surface area contributed by atoms with Gasteiger partial charge >= 0.3 is 0 Å². The molecule has 0 aliphatic carbocycles. The molecule has 1 fully saturated rings. The molecule has 1 aliphatic heterocycles. The highest BCUT2D eigenvalue weighted by Crippen LogP contribution is 2.24. The summed E-state index contributed by atoms with van der Waals surface area (Å²) in [7, 11) is -3.53. The van der Waals surface area contributed by atoms with Crippen LogP contribution in [0.2, 0.25) is 0 Å². The molecular formula is C18H28N2O5S. The number of nitrogens with one attached hydrogen (secondary N) is 1. The van der Waals surface area contributed by atoms with Gasteiger partial charge in [0.1, 0.15) is 5.75 Å². The number of aryl methyl sites for hydroxylation is 1. The van der Waals surface area contributed by atoms with Crippen molar-refractivity contribution in [2.75, 3.05) is 39.5 Å². The SMILES string of the molecule is CCCCCNC(=O)COc1ccc(S(=O)(=O)N2CCOCC2)cc1C. The van der Waals surface area contributed by atoms with Crippen molar-refractivity contribution in [3.63, 3.8) is 0 Å². The van der Waals surface area contributed by atoms with Crippen molar-refractivity contribution in [3.8, 4) is 5.75 Å². The Kier molecular flexibility index (Phi) is 7.86. The van der Waals surface area contributed by atoms with E-state index in [9.17, 15) is 13.2 Å². The van der Waals surface area contributed by atoms with Gasteiger partial charge in [0.15, 0.2) is 6.61 Å². The van der Waals surface area contributed by atoms with Crippen molar-refractivity contribution in [1.29, 1.82) is 0 Å². The molecule has 146 valence electrons. The van der Waals surface area contributed by atoms with Crippen LogP contribution in [0.3, 0.4) is 0 Å². The second kappa shape index (κ2) is 9.89. The number of rotatable bonds is 9. The van der Waals surface area contributed by atoms with Gasteiger partial charge in [-0.05, 0) is 37.1 Å². The number of ether oxygens (including phenoxy) is 2. The fraction of sp³-hybridized carbons (Fsp3) is 0.611. The summed E-state index contributed by atoms with van der Waals surface area (Å²) in [4.78, 5) is 12.0. The smallest absolute Gasteiger partial charge is 0.257 e. The first-order valence-corrected chi connectivity index (χ1v) is 10.5. The van der Waals surface area contributed by atoms with Crippen molar-refractivity contribution in [3.05, 3.63) is 23.8 Å². The third-order valence-electron chi connectivity index (χ3n) is 4.22. The molecule has 8 heteroatoms. The van der Waals surface area contributed by atoms with Gasteiger partial charge in [-0.15, -0.1) is 0 Å². The van der Waals surface area contributed by atoms with E-state index in [1.165, 1.54) is 10.4 Å². The van der Waals surface area contributed by atoms with E-state index in [0.29, 0.717) is 44.2 Å². The van der Waals surface area contributed by atoms with Crippen LogP contribution < -0.4 is 10.1 Å². The molecule has 0 saturated carbocycles. The highest BCUT2D eigenvalue weighted by molar-refractivity contribution is 7.89. The molecule has 1 amide bonds. The van der Waals surface area contributed by atoms with Crippen LogP contribution >= 0.6 is 0 Å². The van der Waals surface area contributed by atoms with Gasteiger partial charge in [0.2, 0.25) is 10.0 Å². The lowest BCUT2D eigenvalue weighted by Gasteiger charge is -2.26. The molecule has 1 aromatic rings. The van der Waals surface area contributed by atoms with Crippen LogP contribution in [0.25, 0.3) is 0 Å². The Bertz CT molecular complexity index is 700. The number of carbonyl (C=O) groups excluding carboxylic acids is 1. The van der Waals surface area contributed by atoms with Crippen LogP contribution in [0.15, 0.2) is 23.1 Å². The minimum absolute atomic E-state index is 0.0808. The normalized spacial score (nSPS) is 15.6. The van der Waals surface area contributed by atoms with Crippen LogP contribution in [0, 0.1) is 6.92 Å². The number of hydrogen-bond acceptors (Lipinski definition) is 5. The Morgan fingerprint density at radius 3 is 2.65 bits per heavy atom. The molecule has 1 saturated heterocycles. The largest absolute Gasteiger partial charge is 0.484 e. The van der Waals surface area contributed by atoms with Gasteiger partial charge in [-0.3, -0.25) is 4.79 Å². The summed E-state index contributed by atoms with van der Waals surface area (Å²) in [5, 5.41) is 2.81. The Labute approximate surface area is 155 Å². The van der Waals surface area contributed by atoms with Crippen molar-refractivity contribution in [1.82, 2.24) is 9.62 Å². The standard InChI is InChI=1S/C18H28N2O5S/c1-3-4-5-8-19-18(21)14-25-17-7-6-16(13-15(17)2)26(22,23)20-9-11-24-12-10-20/h6-7,13H,3-5,8-12,14H2,1-2H3,(H,19,21). The van der Waals surface area contributed by atoms with Crippen LogP contribution in [-0.2, 0) is 19.6 Å². The third kappa shape index (κ3) is 5.69. The lowest BCUT2D eigenvalue weighted by Crippen LogP contribution is -2.40. The molecule has 1 aliphatic rings. The molecule has 7 nitrogen and oxygen atoms in total. The number of amides is 1. The van der Waals surface area contributed by atoms with E-state index in [1.807, 2.05) is 0 Å². The van der Waals surface area contributed by atoms with Crippen molar-refractivity contribution in [2.24, 2.45) is 0 Å². The number of nitrogens with zero attached hydrogens (tertiary/aromatic N) is 1. The number of morpholine rings is 1. The zero-order chi connectivity index (χ0) is 19.0. The fourth-order valence-corrected chi connectivity index (χ4v) is 4.17. The topological polar surface area (TPSA) is 84.9 Å². The number of carbonyl (C=O) groups is 1. The Morgan fingerprint density at radius 2 is 2.00 bits per heavy atom. The van der Waals surface area contributed by atoms with Gasteiger partial charge in [0, 0.05) is 19.6 Å². The first-order chi connectivity index (χ1) is 12.4. The first kappa shape index (κ1) is 20.7. The monoisotopic (exact) mass is 384 g/mol. The predicted octanol–water partition coefficient (Wildman–Crippen LogP) is 1.70. The minimum atomic E-state index is -3.53. The van der Waals surface area contributed by atoms with E-state index in [2.05, 4.69) is 12.2 Å². The Morgan fingerprint density at radius 1 is 1.27 bits per heavy atom.